The second kappa shape index (κ2) is 7.69. The molecule has 0 saturated heterocycles. The van der Waals surface area contributed by atoms with Gasteiger partial charge in [0.05, 0.1) is 13.7 Å². The fraction of sp³-hybridized carbons (Fsp3) is 0.357. The third kappa shape index (κ3) is 5.66. The lowest BCUT2D eigenvalue weighted by molar-refractivity contribution is 0.414. The van der Waals surface area contributed by atoms with Crippen molar-refractivity contribution < 1.29 is 4.74 Å². The Morgan fingerprint density at radius 2 is 2.26 bits per heavy atom. The highest BCUT2D eigenvalue weighted by molar-refractivity contribution is 6.31. The SMILES string of the molecule is C=C(C)CN=C(N)NCCc1ccc(OC)cc1Cl. The molecule has 104 valence electrons. The van der Waals surface area contributed by atoms with Gasteiger partial charge >= 0.3 is 0 Å². The summed E-state index contributed by atoms with van der Waals surface area (Å²) < 4.78 is 5.10. The smallest absolute Gasteiger partial charge is 0.188 e. The summed E-state index contributed by atoms with van der Waals surface area (Å²) in [5.74, 6) is 1.18. The van der Waals surface area contributed by atoms with E-state index in [-0.39, 0.29) is 0 Å². The molecule has 0 radical (unpaired) electrons. The number of nitrogens with one attached hydrogen (secondary N) is 1. The first-order valence-electron chi connectivity index (χ1n) is 6.03. The van der Waals surface area contributed by atoms with Crippen LogP contribution in [0, 0.1) is 0 Å². The molecular formula is C14H20ClN3O. The Balaban J connectivity index is 2.45. The summed E-state index contributed by atoms with van der Waals surface area (Å²) in [5, 5.41) is 3.73. The fourth-order valence-electron chi connectivity index (χ4n) is 1.46. The zero-order chi connectivity index (χ0) is 14.3. The summed E-state index contributed by atoms with van der Waals surface area (Å²) in [5.41, 5.74) is 7.73. The van der Waals surface area contributed by atoms with E-state index in [1.165, 1.54) is 0 Å². The van der Waals surface area contributed by atoms with Gasteiger partial charge < -0.3 is 15.8 Å². The summed E-state index contributed by atoms with van der Waals surface area (Å²) in [6.07, 6.45) is 0.770. The maximum absolute atomic E-state index is 6.15. The van der Waals surface area contributed by atoms with E-state index in [1.807, 2.05) is 19.1 Å². The van der Waals surface area contributed by atoms with Crippen LogP contribution < -0.4 is 15.8 Å². The van der Waals surface area contributed by atoms with Gasteiger partial charge in [0.2, 0.25) is 0 Å². The van der Waals surface area contributed by atoms with Crippen molar-refractivity contribution in [3.8, 4) is 5.75 Å². The van der Waals surface area contributed by atoms with Gasteiger partial charge in [0, 0.05) is 11.6 Å². The number of halogens is 1. The van der Waals surface area contributed by atoms with Crippen molar-refractivity contribution in [1.29, 1.82) is 0 Å². The summed E-state index contributed by atoms with van der Waals surface area (Å²) in [6.45, 7) is 6.90. The Kier molecular flexibility index (Phi) is 6.22. The Bertz CT molecular complexity index is 472. The van der Waals surface area contributed by atoms with Crippen LogP contribution in [-0.4, -0.2) is 26.2 Å². The van der Waals surface area contributed by atoms with Crippen molar-refractivity contribution in [2.45, 2.75) is 13.3 Å². The molecule has 4 nitrogen and oxygen atoms in total. The number of nitrogens with two attached hydrogens (primary N) is 1. The fourth-order valence-corrected chi connectivity index (χ4v) is 1.72. The first-order valence-corrected chi connectivity index (χ1v) is 6.41. The number of guanidine groups is 1. The van der Waals surface area contributed by atoms with E-state index < -0.39 is 0 Å². The van der Waals surface area contributed by atoms with Crippen molar-refractivity contribution in [3.63, 3.8) is 0 Å². The molecule has 5 heteroatoms. The van der Waals surface area contributed by atoms with E-state index in [9.17, 15) is 0 Å². The van der Waals surface area contributed by atoms with E-state index >= 15 is 0 Å². The zero-order valence-corrected chi connectivity index (χ0v) is 12.1. The van der Waals surface area contributed by atoms with Crippen LogP contribution in [0.15, 0.2) is 35.3 Å². The molecule has 0 aliphatic heterocycles. The molecule has 0 aliphatic carbocycles. The Labute approximate surface area is 119 Å². The van der Waals surface area contributed by atoms with E-state index in [0.29, 0.717) is 24.1 Å². The van der Waals surface area contributed by atoms with Crippen LogP contribution in [-0.2, 0) is 6.42 Å². The average Bonchev–Trinajstić information content (AvgIpc) is 2.38. The monoisotopic (exact) mass is 281 g/mol. The Hall–Kier alpha value is -1.68. The van der Waals surface area contributed by atoms with Crippen molar-refractivity contribution >= 4 is 17.6 Å². The van der Waals surface area contributed by atoms with Gasteiger partial charge in [-0.3, -0.25) is 0 Å². The zero-order valence-electron chi connectivity index (χ0n) is 11.4. The second-order valence-corrected chi connectivity index (χ2v) is 4.70. The number of aliphatic imine (C=N–C) groups is 1. The van der Waals surface area contributed by atoms with Crippen LogP contribution in [0.4, 0.5) is 0 Å². The van der Waals surface area contributed by atoms with Gasteiger partial charge in [-0.05, 0) is 31.0 Å². The van der Waals surface area contributed by atoms with Crippen LogP contribution in [0.2, 0.25) is 5.02 Å². The van der Waals surface area contributed by atoms with Crippen LogP contribution in [0.5, 0.6) is 5.75 Å². The quantitative estimate of drug-likeness (QED) is 0.478. The van der Waals surface area contributed by atoms with Crippen LogP contribution in [0.25, 0.3) is 0 Å². The van der Waals surface area contributed by atoms with Crippen molar-refractivity contribution in [2.24, 2.45) is 10.7 Å². The van der Waals surface area contributed by atoms with Crippen LogP contribution in [0.1, 0.15) is 12.5 Å². The highest BCUT2D eigenvalue weighted by Gasteiger charge is 2.02. The van der Waals surface area contributed by atoms with Gasteiger partial charge in [0.15, 0.2) is 5.96 Å². The molecule has 0 bridgehead atoms. The third-order valence-corrected chi connectivity index (χ3v) is 2.83. The van der Waals surface area contributed by atoms with Crippen LogP contribution in [0.3, 0.4) is 0 Å². The van der Waals surface area contributed by atoms with Gasteiger partial charge in [-0.15, -0.1) is 0 Å². The van der Waals surface area contributed by atoms with Gasteiger partial charge in [-0.25, -0.2) is 4.99 Å². The van der Waals surface area contributed by atoms with E-state index in [4.69, 9.17) is 22.1 Å². The molecule has 3 N–H and O–H groups in total. The number of methoxy groups -OCH3 is 1. The maximum atomic E-state index is 6.15. The van der Waals surface area contributed by atoms with Gasteiger partial charge in [0.25, 0.3) is 0 Å². The standard InChI is InChI=1S/C14H20ClN3O/c1-10(2)9-18-14(16)17-7-6-11-4-5-12(19-3)8-13(11)15/h4-5,8H,1,6-7,9H2,2-3H3,(H3,16,17,18). The lowest BCUT2D eigenvalue weighted by Crippen LogP contribution is -2.33. The Morgan fingerprint density at radius 3 is 2.84 bits per heavy atom. The molecule has 1 rings (SSSR count). The van der Waals surface area contributed by atoms with Gasteiger partial charge in [0.1, 0.15) is 5.75 Å². The second-order valence-electron chi connectivity index (χ2n) is 4.29. The predicted octanol–water partition coefficient (Wildman–Crippen LogP) is 2.37. The minimum atomic E-state index is 0.424. The number of hydrogen-bond acceptors (Lipinski definition) is 2. The summed E-state index contributed by atoms with van der Waals surface area (Å²) in [4.78, 5) is 4.14. The molecule has 0 amide bonds. The molecule has 0 fully saturated rings. The normalized spacial score (nSPS) is 11.2. The number of ether oxygens (including phenoxy) is 1. The largest absolute Gasteiger partial charge is 0.497 e. The maximum Gasteiger partial charge on any atom is 0.188 e. The third-order valence-electron chi connectivity index (χ3n) is 2.48. The number of rotatable bonds is 6. The van der Waals surface area contributed by atoms with Crippen molar-refractivity contribution in [3.05, 3.63) is 40.9 Å². The highest BCUT2D eigenvalue weighted by atomic mass is 35.5. The number of benzene rings is 1. The molecule has 0 spiro atoms. The first kappa shape index (κ1) is 15.4. The molecule has 19 heavy (non-hydrogen) atoms. The molecule has 0 saturated carbocycles. The van der Waals surface area contributed by atoms with Crippen LogP contribution >= 0.6 is 11.6 Å². The number of hydrogen-bond donors (Lipinski definition) is 2. The summed E-state index contributed by atoms with van der Waals surface area (Å²) >= 11 is 6.15. The molecule has 1 aromatic carbocycles. The molecule has 0 aliphatic rings. The molecule has 0 aromatic heterocycles. The molecule has 0 atom stereocenters. The highest BCUT2D eigenvalue weighted by Crippen LogP contribution is 2.22. The number of nitrogens with zero attached hydrogens (tertiary/aromatic N) is 1. The lowest BCUT2D eigenvalue weighted by Gasteiger charge is -2.08. The first-order chi connectivity index (χ1) is 9.02. The molecule has 0 heterocycles. The van der Waals surface area contributed by atoms with Gasteiger partial charge in [-0.2, -0.15) is 0 Å². The van der Waals surface area contributed by atoms with E-state index in [0.717, 1.165) is 23.3 Å². The van der Waals surface area contributed by atoms with Crippen molar-refractivity contribution in [2.75, 3.05) is 20.2 Å². The van der Waals surface area contributed by atoms with E-state index in [1.54, 1.807) is 13.2 Å². The predicted molar refractivity (Wildman–Crippen MR) is 81.0 cm³/mol. The van der Waals surface area contributed by atoms with Gasteiger partial charge in [-0.1, -0.05) is 29.8 Å². The lowest BCUT2D eigenvalue weighted by atomic mass is 10.1. The minimum absolute atomic E-state index is 0.424. The molecular weight excluding hydrogens is 262 g/mol. The molecule has 0 unspecified atom stereocenters. The van der Waals surface area contributed by atoms with E-state index in [2.05, 4.69) is 16.9 Å². The summed E-state index contributed by atoms with van der Waals surface area (Å²) in [6, 6.07) is 5.64. The van der Waals surface area contributed by atoms with Crippen molar-refractivity contribution in [1.82, 2.24) is 5.32 Å². The minimum Gasteiger partial charge on any atom is -0.497 e. The molecule has 1 aromatic rings. The summed E-state index contributed by atoms with van der Waals surface area (Å²) in [7, 11) is 1.62. The average molecular weight is 282 g/mol. The Morgan fingerprint density at radius 1 is 1.53 bits per heavy atom. The topological polar surface area (TPSA) is 59.6 Å².